The Morgan fingerprint density at radius 2 is 1.69 bits per heavy atom. The molecule has 1 aromatic heterocycles. The van der Waals surface area contributed by atoms with Crippen LogP contribution in [0.4, 0.5) is 13.2 Å². The quantitative estimate of drug-likeness (QED) is 0.177. The number of alkyl halides is 3. The Labute approximate surface area is 214 Å². The minimum absolute atomic E-state index is 0.00995. The molecule has 0 aliphatic rings. The molecule has 0 aliphatic heterocycles. The average molecular weight is 530 g/mol. The maximum atomic E-state index is 12.7. The molecule has 4 aromatic rings. The molecule has 0 saturated carbocycles. The van der Waals surface area contributed by atoms with Crippen molar-refractivity contribution in [3.05, 3.63) is 94.5 Å². The molecular formula is C25H19ClF3N5OS. The SMILES string of the molecule is Cc1ccc(-c2nnc(SCC(=O)NN=Cc3ccc(C(F)(F)F)cc3)n2-c2ccc(Cl)cc2)cc1. The number of aromatic nitrogens is 3. The number of carbonyl (C=O) groups excluding carboxylic acids is 1. The maximum Gasteiger partial charge on any atom is 0.416 e. The third-order valence-corrected chi connectivity index (χ3v) is 6.18. The van der Waals surface area contributed by atoms with Gasteiger partial charge in [-0.25, -0.2) is 5.43 Å². The second-order valence-electron chi connectivity index (χ2n) is 7.69. The zero-order valence-corrected chi connectivity index (χ0v) is 20.4. The van der Waals surface area contributed by atoms with Crippen molar-refractivity contribution in [1.29, 1.82) is 0 Å². The lowest BCUT2D eigenvalue weighted by Gasteiger charge is -2.10. The standard InChI is InChI=1S/C25H19ClF3N5OS/c1-16-2-6-18(7-3-16)23-32-33-24(34(23)21-12-10-20(26)11-13-21)36-15-22(35)31-30-14-17-4-8-19(9-5-17)25(27,28)29/h2-14H,15H2,1H3,(H,31,35). The van der Waals surface area contributed by atoms with Crippen LogP contribution >= 0.6 is 23.4 Å². The number of aryl methyl sites for hydroxylation is 1. The summed E-state index contributed by atoms with van der Waals surface area (Å²) in [5.74, 6) is 0.190. The second-order valence-corrected chi connectivity index (χ2v) is 9.06. The van der Waals surface area contributed by atoms with E-state index in [9.17, 15) is 18.0 Å². The Hall–Kier alpha value is -3.63. The lowest BCUT2D eigenvalue weighted by atomic mass is 10.1. The van der Waals surface area contributed by atoms with Crippen LogP contribution < -0.4 is 5.43 Å². The zero-order valence-electron chi connectivity index (χ0n) is 18.8. The lowest BCUT2D eigenvalue weighted by Crippen LogP contribution is -2.20. The van der Waals surface area contributed by atoms with Crippen LogP contribution in [0.1, 0.15) is 16.7 Å². The minimum atomic E-state index is -4.41. The van der Waals surface area contributed by atoms with E-state index in [1.165, 1.54) is 30.1 Å². The van der Waals surface area contributed by atoms with Gasteiger partial charge in [-0.3, -0.25) is 9.36 Å². The van der Waals surface area contributed by atoms with E-state index >= 15 is 0 Å². The summed E-state index contributed by atoms with van der Waals surface area (Å²) in [5.41, 5.74) is 4.79. The van der Waals surface area contributed by atoms with Crippen molar-refractivity contribution in [1.82, 2.24) is 20.2 Å². The monoisotopic (exact) mass is 529 g/mol. The number of carbonyl (C=O) groups is 1. The first kappa shape index (κ1) is 25.5. The molecule has 1 amide bonds. The highest BCUT2D eigenvalue weighted by Crippen LogP contribution is 2.30. The van der Waals surface area contributed by atoms with Gasteiger partial charge in [0.2, 0.25) is 0 Å². The molecule has 0 saturated heterocycles. The van der Waals surface area contributed by atoms with Gasteiger partial charge in [-0.15, -0.1) is 10.2 Å². The van der Waals surface area contributed by atoms with E-state index in [1.54, 1.807) is 12.1 Å². The molecule has 1 heterocycles. The number of amides is 1. The van der Waals surface area contributed by atoms with Gasteiger partial charge in [0.25, 0.3) is 5.91 Å². The number of hydrogen-bond acceptors (Lipinski definition) is 5. The van der Waals surface area contributed by atoms with Gasteiger partial charge < -0.3 is 0 Å². The molecule has 0 atom stereocenters. The Bertz CT molecular complexity index is 1370. The average Bonchev–Trinajstić information content (AvgIpc) is 3.27. The predicted octanol–water partition coefficient (Wildman–Crippen LogP) is 6.16. The van der Waals surface area contributed by atoms with Crippen LogP contribution in [-0.2, 0) is 11.0 Å². The molecule has 0 radical (unpaired) electrons. The Balaban J connectivity index is 1.46. The van der Waals surface area contributed by atoms with Gasteiger partial charge in [-0.1, -0.05) is 65.3 Å². The number of rotatable bonds is 7. The highest BCUT2D eigenvalue weighted by molar-refractivity contribution is 7.99. The number of hydrazone groups is 1. The van der Waals surface area contributed by atoms with E-state index in [-0.39, 0.29) is 5.75 Å². The normalized spacial score (nSPS) is 11.7. The summed E-state index contributed by atoms with van der Waals surface area (Å²) < 4.78 is 39.8. The maximum absolute atomic E-state index is 12.7. The summed E-state index contributed by atoms with van der Waals surface area (Å²) in [5, 5.41) is 13.5. The minimum Gasteiger partial charge on any atom is -0.272 e. The molecular weight excluding hydrogens is 511 g/mol. The summed E-state index contributed by atoms with van der Waals surface area (Å²) in [6.45, 7) is 1.99. The van der Waals surface area contributed by atoms with Crippen LogP contribution in [0.5, 0.6) is 0 Å². The van der Waals surface area contributed by atoms with Gasteiger partial charge >= 0.3 is 6.18 Å². The largest absolute Gasteiger partial charge is 0.416 e. The highest BCUT2D eigenvalue weighted by Gasteiger charge is 2.29. The van der Waals surface area contributed by atoms with E-state index in [1.807, 2.05) is 47.9 Å². The molecule has 11 heteroatoms. The molecule has 0 bridgehead atoms. The van der Waals surface area contributed by atoms with Crippen LogP contribution in [0.3, 0.4) is 0 Å². The molecule has 36 heavy (non-hydrogen) atoms. The van der Waals surface area contributed by atoms with E-state index in [2.05, 4.69) is 20.7 Å². The Morgan fingerprint density at radius 1 is 1.03 bits per heavy atom. The van der Waals surface area contributed by atoms with Gasteiger partial charge in [-0.05, 0) is 48.9 Å². The van der Waals surface area contributed by atoms with Crippen LogP contribution in [-0.4, -0.2) is 32.6 Å². The molecule has 0 aliphatic carbocycles. The summed E-state index contributed by atoms with van der Waals surface area (Å²) in [7, 11) is 0. The van der Waals surface area contributed by atoms with E-state index < -0.39 is 17.6 Å². The Kier molecular flexibility index (Phi) is 7.76. The van der Waals surface area contributed by atoms with Gasteiger partial charge in [0.1, 0.15) is 0 Å². The van der Waals surface area contributed by atoms with Gasteiger partial charge in [0.15, 0.2) is 11.0 Å². The number of benzene rings is 3. The zero-order chi connectivity index (χ0) is 25.7. The van der Waals surface area contributed by atoms with Crippen molar-refractivity contribution in [2.45, 2.75) is 18.3 Å². The van der Waals surface area contributed by atoms with Gasteiger partial charge in [0, 0.05) is 16.3 Å². The number of halogens is 4. The molecule has 4 rings (SSSR count). The molecule has 0 fully saturated rings. The molecule has 184 valence electrons. The molecule has 3 aromatic carbocycles. The number of nitrogens with one attached hydrogen (secondary N) is 1. The molecule has 6 nitrogen and oxygen atoms in total. The fraction of sp³-hybridized carbons (Fsp3) is 0.120. The summed E-state index contributed by atoms with van der Waals surface area (Å²) in [4.78, 5) is 12.3. The summed E-state index contributed by atoms with van der Waals surface area (Å²) in [6, 6.07) is 19.5. The first-order valence-electron chi connectivity index (χ1n) is 10.6. The highest BCUT2D eigenvalue weighted by atomic mass is 35.5. The first-order valence-corrected chi connectivity index (χ1v) is 12.0. The van der Waals surface area contributed by atoms with Crippen LogP contribution in [0, 0.1) is 6.92 Å². The lowest BCUT2D eigenvalue weighted by molar-refractivity contribution is -0.137. The van der Waals surface area contributed by atoms with Crippen molar-refractivity contribution in [3.8, 4) is 17.1 Å². The number of hydrogen-bond donors (Lipinski definition) is 1. The first-order chi connectivity index (χ1) is 17.2. The van der Waals surface area contributed by atoms with Crippen molar-refractivity contribution in [2.24, 2.45) is 5.10 Å². The molecule has 1 N–H and O–H groups in total. The van der Waals surface area contributed by atoms with Gasteiger partial charge in [0.05, 0.1) is 17.5 Å². The van der Waals surface area contributed by atoms with E-state index in [0.29, 0.717) is 21.6 Å². The third-order valence-electron chi connectivity index (χ3n) is 5.00. The fourth-order valence-electron chi connectivity index (χ4n) is 3.18. The third kappa shape index (κ3) is 6.32. The molecule has 0 spiro atoms. The molecule has 0 unspecified atom stereocenters. The van der Waals surface area contributed by atoms with E-state index in [4.69, 9.17) is 11.6 Å². The second kappa shape index (κ2) is 11.0. The van der Waals surface area contributed by atoms with Crippen molar-refractivity contribution in [3.63, 3.8) is 0 Å². The van der Waals surface area contributed by atoms with E-state index in [0.717, 1.165) is 28.9 Å². The number of nitrogens with zero attached hydrogens (tertiary/aromatic N) is 4. The predicted molar refractivity (Wildman–Crippen MR) is 134 cm³/mol. The summed E-state index contributed by atoms with van der Waals surface area (Å²) >= 11 is 7.22. The number of thioether (sulfide) groups is 1. The smallest absolute Gasteiger partial charge is 0.272 e. The topological polar surface area (TPSA) is 72.2 Å². The summed E-state index contributed by atoms with van der Waals surface area (Å²) in [6.07, 6.45) is -3.14. The van der Waals surface area contributed by atoms with Gasteiger partial charge in [-0.2, -0.15) is 18.3 Å². The Morgan fingerprint density at radius 3 is 2.33 bits per heavy atom. The van der Waals surface area contributed by atoms with Crippen LogP contribution in [0.2, 0.25) is 5.02 Å². The van der Waals surface area contributed by atoms with Crippen molar-refractivity contribution in [2.75, 3.05) is 5.75 Å². The van der Waals surface area contributed by atoms with Crippen LogP contribution in [0.25, 0.3) is 17.1 Å². The van der Waals surface area contributed by atoms with Crippen molar-refractivity contribution >= 4 is 35.5 Å². The van der Waals surface area contributed by atoms with Crippen LogP contribution in [0.15, 0.2) is 83.1 Å². The fourth-order valence-corrected chi connectivity index (χ4v) is 4.05. The van der Waals surface area contributed by atoms with Crippen molar-refractivity contribution < 1.29 is 18.0 Å².